The molecule has 0 spiro atoms. The van der Waals surface area contributed by atoms with E-state index in [0.29, 0.717) is 5.02 Å². The van der Waals surface area contributed by atoms with Crippen LogP contribution in [0.25, 0.3) is 54.6 Å². The van der Waals surface area contributed by atoms with E-state index in [0.717, 1.165) is 42.7 Å². The Kier molecular flexibility index (Phi) is 5.79. The molecule has 4 heteroatoms. The Morgan fingerprint density at radius 2 is 1.21 bits per heavy atom. The summed E-state index contributed by atoms with van der Waals surface area (Å²) in [7, 11) is 0. The number of rotatable bonds is 4. The van der Waals surface area contributed by atoms with Crippen molar-refractivity contribution in [1.82, 2.24) is 5.01 Å². The van der Waals surface area contributed by atoms with Gasteiger partial charge in [0.2, 0.25) is 0 Å². The maximum Gasteiger partial charge on any atom is 0.0967 e. The van der Waals surface area contributed by atoms with Crippen molar-refractivity contribution in [3.63, 3.8) is 0 Å². The molecule has 0 aliphatic carbocycles. The Balaban J connectivity index is 1.55. The van der Waals surface area contributed by atoms with Crippen LogP contribution in [0.3, 0.4) is 0 Å². The van der Waals surface area contributed by atoms with Gasteiger partial charge in [0.05, 0.1) is 5.69 Å². The largest absolute Gasteiger partial charge is 0.278 e. The molecule has 184 valence electrons. The molecule has 1 heterocycles. The summed E-state index contributed by atoms with van der Waals surface area (Å²) in [6.07, 6.45) is 2.32. The van der Waals surface area contributed by atoms with E-state index in [9.17, 15) is 0 Å². The van der Waals surface area contributed by atoms with Crippen molar-refractivity contribution >= 4 is 49.6 Å². The minimum Gasteiger partial charge on any atom is -0.278 e. The fraction of sp³-hybridized carbons (Fsp3) is 0.118. The van der Waals surface area contributed by atoms with Crippen molar-refractivity contribution in [1.29, 1.82) is 0 Å². The molecule has 0 aromatic heterocycles. The predicted molar refractivity (Wildman–Crippen MR) is 160 cm³/mol. The SMILES string of the molecule is Clc1ccc(-c2ccc3ccccc3c2-c2cc3ccccc3c3ccccc23)c(N=NN2CCCC2)c1. The van der Waals surface area contributed by atoms with Gasteiger partial charge in [0.15, 0.2) is 0 Å². The van der Waals surface area contributed by atoms with Gasteiger partial charge in [0.1, 0.15) is 0 Å². The van der Waals surface area contributed by atoms with Crippen LogP contribution in [0.5, 0.6) is 0 Å². The first kappa shape index (κ1) is 22.9. The second-order valence-electron chi connectivity index (χ2n) is 9.91. The zero-order valence-electron chi connectivity index (χ0n) is 20.9. The summed E-state index contributed by atoms with van der Waals surface area (Å²) in [5.41, 5.74) is 5.34. The van der Waals surface area contributed by atoms with Gasteiger partial charge in [0.25, 0.3) is 0 Å². The summed E-state index contributed by atoms with van der Waals surface area (Å²) >= 11 is 6.48. The highest BCUT2D eigenvalue weighted by Crippen LogP contribution is 2.45. The summed E-state index contributed by atoms with van der Waals surface area (Å²) < 4.78 is 0. The molecule has 0 amide bonds. The molecule has 6 aromatic rings. The Morgan fingerprint density at radius 1 is 0.553 bits per heavy atom. The molecular formula is C34H26ClN3. The maximum absolute atomic E-state index is 6.48. The quantitative estimate of drug-likeness (QED) is 0.171. The zero-order chi connectivity index (χ0) is 25.5. The molecule has 0 unspecified atom stereocenters. The minimum absolute atomic E-state index is 0.655. The Hall–Kier alpha value is -4.21. The average Bonchev–Trinajstić information content (AvgIpc) is 3.49. The van der Waals surface area contributed by atoms with Gasteiger partial charge >= 0.3 is 0 Å². The molecule has 0 bridgehead atoms. The highest BCUT2D eigenvalue weighted by molar-refractivity contribution is 6.31. The van der Waals surface area contributed by atoms with Crippen LogP contribution >= 0.6 is 11.6 Å². The van der Waals surface area contributed by atoms with E-state index in [4.69, 9.17) is 16.7 Å². The van der Waals surface area contributed by atoms with Crippen molar-refractivity contribution in [2.24, 2.45) is 10.3 Å². The van der Waals surface area contributed by atoms with Crippen LogP contribution in [-0.4, -0.2) is 18.1 Å². The molecule has 0 atom stereocenters. The smallest absolute Gasteiger partial charge is 0.0967 e. The van der Waals surface area contributed by atoms with Gasteiger partial charge in [-0.15, -0.1) is 5.11 Å². The van der Waals surface area contributed by atoms with E-state index >= 15 is 0 Å². The van der Waals surface area contributed by atoms with Crippen molar-refractivity contribution in [2.75, 3.05) is 13.1 Å². The lowest BCUT2D eigenvalue weighted by Crippen LogP contribution is -2.09. The number of benzene rings is 6. The first-order valence-electron chi connectivity index (χ1n) is 13.2. The molecule has 1 aliphatic heterocycles. The molecule has 0 N–H and O–H groups in total. The fourth-order valence-electron chi connectivity index (χ4n) is 5.76. The van der Waals surface area contributed by atoms with Crippen molar-refractivity contribution in [3.05, 3.63) is 114 Å². The number of halogens is 1. The summed E-state index contributed by atoms with van der Waals surface area (Å²) in [5, 5.41) is 19.4. The third-order valence-electron chi connectivity index (χ3n) is 7.58. The predicted octanol–water partition coefficient (Wildman–Crippen LogP) is 10.2. The Bertz CT molecular complexity index is 1850. The lowest BCUT2D eigenvalue weighted by atomic mass is 9.85. The second-order valence-corrected chi connectivity index (χ2v) is 10.3. The summed E-state index contributed by atoms with van der Waals surface area (Å²) in [6, 6.07) is 38.7. The molecule has 0 radical (unpaired) electrons. The molecule has 1 fully saturated rings. The first-order valence-corrected chi connectivity index (χ1v) is 13.5. The van der Waals surface area contributed by atoms with Gasteiger partial charge in [-0.3, -0.25) is 5.01 Å². The monoisotopic (exact) mass is 511 g/mol. The van der Waals surface area contributed by atoms with Crippen LogP contribution in [0.1, 0.15) is 12.8 Å². The molecular weight excluding hydrogens is 486 g/mol. The van der Waals surface area contributed by atoms with Gasteiger partial charge in [-0.05, 0) is 80.0 Å². The van der Waals surface area contributed by atoms with Crippen molar-refractivity contribution in [3.8, 4) is 22.3 Å². The van der Waals surface area contributed by atoms with Gasteiger partial charge in [-0.25, -0.2) is 0 Å². The second kappa shape index (κ2) is 9.59. The van der Waals surface area contributed by atoms with Crippen molar-refractivity contribution < 1.29 is 0 Å². The van der Waals surface area contributed by atoms with Crippen LogP contribution in [0.4, 0.5) is 5.69 Å². The molecule has 38 heavy (non-hydrogen) atoms. The lowest BCUT2D eigenvalue weighted by Gasteiger charge is -2.18. The van der Waals surface area contributed by atoms with Gasteiger partial charge in [-0.1, -0.05) is 108 Å². The fourth-order valence-corrected chi connectivity index (χ4v) is 5.93. The van der Waals surface area contributed by atoms with Crippen LogP contribution in [0.15, 0.2) is 120 Å². The standard InChI is InChI=1S/C34H26ClN3/c35-25-16-18-30(33(22-25)36-37-38-19-7-8-20-38)31-17-15-23-9-1-4-12-27(23)34(31)32-21-24-10-2-3-11-26(24)28-13-5-6-14-29(28)32/h1-6,9-18,21-22H,7-8,19-20H2. The normalized spacial score (nSPS) is 13.9. The van der Waals surface area contributed by atoms with E-state index < -0.39 is 0 Å². The van der Waals surface area contributed by atoms with Crippen LogP contribution in [0, 0.1) is 0 Å². The first-order chi connectivity index (χ1) is 18.8. The summed E-state index contributed by atoms with van der Waals surface area (Å²) in [6.45, 7) is 1.90. The van der Waals surface area contributed by atoms with Crippen molar-refractivity contribution in [2.45, 2.75) is 12.8 Å². The van der Waals surface area contributed by atoms with Crippen LogP contribution in [0.2, 0.25) is 5.02 Å². The lowest BCUT2D eigenvalue weighted by molar-refractivity contribution is 0.337. The number of hydrogen-bond donors (Lipinski definition) is 0. The molecule has 3 nitrogen and oxygen atoms in total. The van der Waals surface area contributed by atoms with E-state index in [1.807, 2.05) is 17.1 Å². The summed E-state index contributed by atoms with van der Waals surface area (Å²) in [5.74, 6) is 0. The van der Waals surface area contributed by atoms with E-state index in [2.05, 4.69) is 102 Å². The number of fused-ring (bicyclic) bond motifs is 4. The molecule has 1 aliphatic rings. The highest BCUT2D eigenvalue weighted by Gasteiger charge is 2.18. The van der Waals surface area contributed by atoms with Gasteiger partial charge in [-0.2, -0.15) is 0 Å². The number of hydrogen-bond acceptors (Lipinski definition) is 2. The highest BCUT2D eigenvalue weighted by atomic mass is 35.5. The van der Waals surface area contributed by atoms with Crippen LogP contribution in [-0.2, 0) is 0 Å². The van der Waals surface area contributed by atoms with E-state index in [1.165, 1.54) is 43.4 Å². The molecule has 7 rings (SSSR count). The van der Waals surface area contributed by atoms with E-state index in [-0.39, 0.29) is 0 Å². The molecule has 6 aromatic carbocycles. The van der Waals surface area contributed by atoms with E-state index in [1.54, 1.807) is 0 Å². The van der Waals surface area contributed by atoms with Gasteiger partial charge in [0, 0.05) is 23.7 Å². The minimum atomic E-state index is 0.655. The Morgan fingerprint density at radius 3 is 2.03 bits per heavy atom. The average molecular weight is 512 g/mol. The third kappa shape index (κ3) is 4.00. The zero-order valence-corrected chi connectivity index (χ0v) is 21.7. The topological polar surface area (TPSA) is 28.0 Å². The molecule has 1 saturated heterocycles. The number of nitrogens with zero attached hydrogens (tertiary/aromatic N) is 3. The third-order valence-corrected chi connectivity index (χ3v) is 7.81. The van der Waals surface area contributed by atoms with Gasteiger partial charge < -0.3 is 0 Å². The Labute approximate surface area is 227 Å². The van der Waals surface area contributed by atoms with Crippen LogP contribution < -0.4 is 0 Å². The molecule has 0 saturated carbocycles. The summed E-state index contributed by atoms with van der Waals surface area (Å²) in [4.78, 5) is 0. The maximum atomic E-state index is 6.48.